The number of urea groups is 1. The number of aryl methyl sites for hydroxylation is 4. The average molecular weight is 337 g/mol. The molecule has 0 aliphatic heterocycles. The number of carbonyl (C=O) groups excluding carboxylic acids is 1. The number of nitrogens with zero attached hydrogens (tertiary/aromatic N) is 2. The number of benzene rings is 1. The molecule has 0 radical (unpaired) electrons. The molecule has 2 amide bonds. The van der Waals surface area contributed by atoms with E-state index < -0.39 is 0 Å². The maximum Gasteiger partial charge on any atom is 0.319 e. The molecule has 0 aliphatic rings. The van der Waals surface area contributed by atoms with E-state index in [1.54, 1.807) is 0 Å². The van der Waals surface area contributed by atoms with Gasteiger partial charge in [0.15, 0.2) is 0 Å². The topological polar surface area (TPSA) is 82.7 Å². The van der Waals surface area contributed by atoms with Crippen molar-refractivity contribution >= 4 is 22.8 Å². The molecule has 0 unspecified atom stereocenters. The van der Waals surface area contributed by atoms with Gasteiger partial charge >= 0.3 is 6.03 Å². The molecule has 0 atom stereocenters. The lowest BCUT2D eigenvalue weighted by atomic mass is 10.1. The second-order valence-electron chi connectivity index (χ2n) is 6.23. The van der Waals surface area contributed by atoms with Gasteiger partial charge in [-0.15, -0.1) is 0 Å². The Hall–Kier alpha value is -2.89. The number of para-hydroxylation sites is 2. The number of aromatic nitrogens is 3. The van der Waals surface area contributed by atoms with Gasteiger partial charge in [0.2, 0.25) is 0 Å². The Labute approximate surface area is 147 Å². The van der Waals surface area contributed by atoms with E-state index in [-0.39, 0.29) is 6.03 Å². The van der Waals surface area contributed by atoms with E-state index in [9.17, 15) is 4.79 Å². The van der Waals surface area contributed by atoms with Gasteiger partial charge in [0.25, 0.3) is 0 Å². The molecule has 3 rings (SSSR count). The van der Waals surface area contributed by atoms with Crippen LogP contribution in [0, 0.1) is 20.8 Å². The summed E-state index contributed by atoms with van der Waals surface area (Å²) in [7, 11) is 0. The second kappa shape index (κ2) is 7.34. The third-order valence-electron chi connectivity index (χ3n) is 4.08. The standard InChI is InChI=1S/C19H23N5O/c1-12-11-13(2)21-14(3)18(12)24-19(25)20-10-6-9-17-22-15-7-4-5-8-16(15)23-17/h4-5,7-8,11H,6,9-10H2,1-3H3,(H,22,23)(H2,20,24,25). The van der Waals surface area contributed by atoms with Crippen LogP contribution in [0.4, 0.5) is 10.5 Å². The Kier molecular flexibility index (Phi) is 4.97. The number of nitrogens with one attached hydrogen (secondary N) is 3. The highest BCUT2D eigenvalue weighted by Crippen LogP contribution is 2.18. The zero-order chi connectivity index (χ0) is 17.8. The maximum absolute atomic E-state index is 12.1. The van der Waals surface area contributed by atoms with Crippen molar-refractivity contribution in [1.82, 2.24) is 20.3 Å². The maximum atomic E-state index is 12.1. The summed E-state index contributed by atoms with van der Waals surface area (Å²) >= 11 is 0. The highest BCUT2D eigenvalue weighted by atomic mass is 16.2. The minimum Gasteiger partial charge on any atom is -0.342 e. The number of carbonyl (C=O) groups is 1. The molecule has 3 N–H and O–H groups in total. The van der Waals surface area contributed by atoms with Crippen LogP contribution in [0.15, 0.2) is 30.3 Å². The molecule has 130 valence electrons. The van der Waals surface area contributed by atoms with Gasteiger partial charge in [-0.2, -0.15) is 0 Å². The third kappa shape index (κ3) is 4.15. The third-order valence-corrected chi connectivity index (χ3v) is 4.08. The van der Waals surface area contributed by atoms with Crippen molar-refractivity contribution < 1.29 is 4.79 Å². The first kappa shape index (κ1) is 17.0. The summed E-state index contributed by atoms with van der Waals surface area (Å²) in [6, 6.07) is 9.72. The fraction of sp³-hybridized carbons (Fsp3) is 0.316. The molecule has 3 aromatic rings. The van der Waals surface area contributed by atoms with E-state index >= 15 is 0 Å². The van der Waals surface area contributed by atoms with Crippen LogP contribution < -0.4 is 10.6 Å². The number of pyridine rings is 1. The Balaban J connectivity index is 1.48. The molecule has 0 aliphatic carbocycles. The van der Waals surface area contributed by atoms with E-state index in [1.165, 1.54) is 0 Å². The van der Waals surface area contributed by atoms with Crippen LogP contribution in [0.25, 0.3) is 11.0 Å². The van der Waals surface area contributed by atoms with Gasteiger partial charge in [0, 0.05) is 18.7 Å². The summed E-state index contributed by atoms with van der Waals surface area (Å²) < 4.78 is 0. The average Bonchev–Trinajstić information content (AvgIpc) is 2.97. The number of rotatable bonds is 5. The molecule has 2 heterocycles. The number of hydrogen-bond donors (Lipinski definition) is 3. The van der Waals surface area contributed by atoms with Crippen LogP contribution in [-0.4, -0.2) is 27.5 Å². The Morgan fingerprint density at radius 3 is 2.72 bits per heavy atom. The minimum atomic E-state index is -0.207. The number of anilines is 1. The zero-order valence-corrected chi connectivity index (χ0v) is 14.8. The van der Waals surface area contributed by atoms with Gasteiger partial charge in [-0.3, -0.25) is 4.98 Å². The lowest BCUT2D eigenvalue weighted by molar-refractivity contribution is 0.252. The number of hydrogen-bond acceptors (Lipinski definition) is 3. The monoisotopic (exact) mass is 337 g/mol. The summed E-state index contributed by atoms with van der Waals surface area (Å²) in [5.74, 6) is 0.942. The van der Waals surface area contributed by atoms with Crippen LogP contribution in [0.1, 0.15) is 29.2 Å². The first-order chi connectivity index (χ1) is 12.0. The van der Waals surface area contributed by atoms with Crippen molar-refractivity contribution in [2.45, 2.75) is 33.6 Å². The largest absolute Gasteiger partial charge is 0.342 e. The molecule has 0 bridgehead atoms. The van der Waals surface area contributed by atoms with Crippen molar-refractivity contribution in [2.75, 3.05) is 11.9 Å². The van der Waals surface area contributed by atoms with E-state index in [2.05, 4.69) is 25.6 Å². The SMILES string of the molecule is Cc1cc(C)c(NC(=O)NCCCc2nc3ccccc3[nH]2)c(C)n1. The molecular formula is C19H23N5O. The number of fused-ring (bicyclic) bond motifs is 1. The lowest BCUT2D eigenvalue weighted by Crippen LogP contribution is -2.30. The normalized spacial score (nSPS) is 10.8. The number of imidazole rings is 1. The molecule has 2 aromatic heterocycles. The van der Waals surface area contributed by atoms with Crippen LogP contribution in [0.5, 0.6) is 0 Å². The molecule has 0 saturated carbocycles. The van der Waals surface area contributed by atoms with Gasteiger partial charge in [0.1, 0.15) is 5.82 Å². The van der Waals surface area contributed by atoms with E-state index in [0.717, 1.165) is 52.3 Å². The van der Waals surface area contributed by atoms with Crippen molar-refractivity contribution in [3.63, 3.8) is 0 Å². The Morgan fingerprint density at radius 1 is 1.16 bits per heavy atom. The second-order valence-corrected chi connectivity index (χ2v) is 6.23. The highest BCUT2D eigenvalue weighted by Gasteiger charge is 2.09. The number of H-pyrrole nitrogens is 1. The predicted molar refractivity (Wildman–Crippen MR) is 99.9 cm³/mol. The number of amides is 2. The fourth-order valence-electron chi connectivity index (χ4n) is 2.95. The number of aromatic amines is 1. The van der Waals surface area contributed by atoms with E-state index in [0.29, 0.717) is 6.54 Å². The van der Waals surface area contributed by atoms with Crippen molar-refractivity contribution in [3.05, 3.63) is 53.1 Å². The van der Waals surface area contributed by atoms with Gasteiger partial charge in [0.05, 0.1) is 22.4 Å². The predicted octanol–water partition coefficient (Wildman–Crippen LogP) is 3.64. The van der Waals surface area contributed by atoms with E-state index in [4.69, 9.17) is 0 Å². The summed E-state index contributed by atoms with van der Waals surface area (Å²) in [5, 5.41) is 5.77. The first-order valence-electron chi connectivity index (χ1n) is 8.46. The minimum absolute atomic E-state index is 0.207. The van der Waals surface area contributed by atoms with Crippen LogP contribution >= 0.6 is 0 Å². The van der Waals surface area contributed by atoms with Gasteiger partial charge in [-0.05, 0) is 51.0 Å². The van der Waals surface area contributed by atoms with E-state index in [1.807, 2.05) is 51.1 Å². The van der Waals surface area contributed by atoms with Crippen LogP contribution in [-0.2, 0) is 6.42 Å². The highest BCUT2D eigenvalue weighted by molar-refractivity contribution is 5.90. The van der Waals surface area contributed by atoms with Crippen molar-refractivity contribution in [3.8, 4) is 0 Å². The molecule has 25 heavy (non-hydrogen) atoms. The van der Waals surface area contributed by atoms with Crippen molar-refractivity contribution in [2.24, 2.45) is 0 Å². The van der Waals surface area contributed by atoms with Gasteiger partial charge in [-0.25, -0.2) is 9.78 Å². The van der Waals surface area contributed by atoms with Crippen LogP contribution in [0.2, 0.25) is 0 Å². The molecular weight excluding hydrogens is 314 g/mol. The zero-order valence-electron chi connectivity index (χ0n) is 14.8. The molecule has 6 heteroatoms. The summed E-state index contributed by atoms with van der Waals surface area (Å²) in [4.78, 5) is 24.3. The van der Waals surface area contributed by atoms with Crippen LogP contribution in [0.3, 0.4) is 0 Å². The molecule has 0 fully saturated rings. The molecule has 6 nitrogen and oxygen atoms in total. The fourth-order valence-corrected chi connectivity index (χ4v) is 2.95. The first-order valence-corrected chi connectivity index (χ1v) is 8.46. The lowest BCUT2D eigenvalue weighted by Gasteiger charge is -2.12. The van der Waals surface area contributed by atoms with Gasteiger partial charge in [-0.1, -0.05) is 12.1 Å². The summed E-state index contributed by atoms with van der Waals surface area (Å²) in [6.07, 6.45) is 1.61. The molecule has 1 aromatic carbocycles. The molecule has 0 spiro atoms. The summed E-state index contributed by atoms with van der Waals surface area (Å²) in [6.45, 7) is 6.40. The summed E-state index contributed by atoms with van der Waals surface area (Å²) in [5.41, 5.74) is 5.59. The Bertz CT molecular complexity index is 844. The Morgan fingerprint density at radius 2 is 1.96 bits per heavy atom. The van der Waals surface area contributed by atoms with Crippen molar-refractivity contribution in [1.29, 1.82) is 0 Å². The smallest absolute Gasteiger partial charge is 0.319 e. The van der Waals surface area contributed by atoms with Gasteiger partial charge < -0.3 is 15.6 Å². The quantitative estimate of drug-likeness (QED) is 0.622. The molecule has 0 saturated heterocycles.